The van der Waals surface area contributed by atoms with Gasteiger partial charge in [-0.2, -0.15) is 0 Å². The molecule has 0 bridgehead atoms. The highest BCUT2D eigenvalue weighted by atomic mass is 16.5. The molecule has 1 aromatic carbocycles. The van der Waals surface area contributed by atoms with E-state index < -0.39 is 0 Å². The molecule has 128 valence electrons. The maximum absolute atomic E-state index is 6.23. The quantitative estimate of drug-likeness (QED) is 0.941. The van der Waals surface area contributed by atoms with Crippen LogP contribution in [0.5, 0.6) is 0 Å². The van der Waals surface area contributed by atoms with E-state index in [1.54, 1.807) is 0 Å². The molecule has 0 radical (unpaired) electrons. The molecule has 2 aliphatic heterocycles. The van der Waals surface area contributed by atoms with E-state index in [4.69, 9.17) is 4.74 Å². The van der Waals surface area contributed by atoms with Crippen LogP contribution < -0.4 is 5.32 Å². The Bertz CT molecular complexity index is 685. The Hall–Kier alpha value is -1.49. The summed E-state index contributed by atoms with van der Waals surface area (Å²) in [5.41, 5.74) is 2.57. The average Bonchev–Trinajstić information content (AvgIpc) is 2.63. The molecule has 1 aromatic heterocycles. The summed E-state index contributed by atoms with van der Waals surface area (Å²) >= 11 is 0. The van der Waals surface area contributed by atoms with Crippen LogP contribution in [-0.2, 0) is 11.3 Å². The van der Waals surface area contributed by atoms with E-state index in [9.17, 15) is 0 Å². The second kappa shape index (κ2) is 6.79. The van der Waals surface area contributed by atoms with Crippen molar-refractivity contribution >= 4 is 10.9 Å². The van der Waals surface area contributed by atoms with E-state index >= 15 is 0 Å². The van der Waals surface area contributed by atoms with E-state index in [1.807, 2.05) is 12.3 Å². The van der Waals surface area contributed by atoms with Crippen LogP contribution in [0.2, 0.25) is 0 Å². The normalized spacial score (nSPS) is 23.8. The highest BCUT2D eigenvalue weighted by Crippen LogP contribution is 2.35. The van der Waals surface area contributed by atoms with Crippen LogP contribution in [0, 0.1) is 0 Å². The molecule has 1 atom stereocenters. The zero-order valence-corrected chi connectivity index (χ0v) is 14.5. The highest BCUT2D eigenvalue weighted by molar-refractivity contribution is 5.81. The first kappa shape index (κ1) is 16.0. The molecule has 4 heteroatoms. The van der Waals surface area contributed by atoms with Gasteiger partial charge < -0.3 is 10.1 Å². The van der Waals surface area contributed by atoms with Gasteiger partial charge in [0, 0.05) is 30.8 Å². The molecule has 1 unspecified atom stereocenters. The van der Waals surface area contributed by atoms with Gasteiger partial charge in [0.25, 0.3) is 0 Å². The summed E-state index contributed by atoms with van der Waals surface area (Å²) in [6.45, 7) is 4.02. The van der Waals surface area contributed by atoms with Crippen molar-refractivity contribution < 1.29 is 4.74 Å². The van der Waals surface area contributed by atoms with Crippen molar-refractivity contribution in [3.63, 3.8) is 0 Å². The Morgan fingerprint density at radius 3 is 2.96 bits per heavy atom. The van der Waals surface area contributed by atoms with Gasteiger partial charge in [-0.15, -0.1) is 0 Å². The number of nitrogens with zero attached hydrogens (tertiary/aromatic N) is 2. The fourth-order valence-electron chi connectivity index (χ4n) is 4.30. The number of para-hydroxylation sites is 1. The Kier molecular flexibility index (Phi) is 4.53. The molecule has 3 heterocycles. The predicted octanol–water partition coefficient (Wildman–Crippen LogP) is 2.97. The van der Waals surface area contributed by atoms with Gasteiger partial charge in [-0.05, 0) is 57.5 Å². The molecule has 1 N–H and O–H groups in total. The number of aromatic nitrogens is 1. The summed E-state index contributed by atoms with van der Waals surface area (Å²) in [7, 11) is 2.26. The van der Waals surface area contributed by atoms with Gasteiger partial charge in [0.15, 0.2) is 0 Å². The van der Waals surface area contributed by atoms with Gasteiger partial charge in [-0.3, -0.25) is 9.88 Å². The number of piperidine rings is 1. The van der Waals surface area contributed by atoms with E-state index in [0.29, 0.717) is 6.04 Å². The van der Waals surface area contributed by atoms with Crippen molar-refractivity contribution in [1.82, 2.24) is 15.2 Å². The van der Waals surface area contributed by atoms with Crippen molar-refractivity contribution in [3.8, 4) is 0 Å². The fourth-order valence-corrected chi connectivity index (χ4v) is 4.30. The van der Waals surface area contributed by atoms with Crippen molar-refractivity contribution in [2.24, 2.45) is 0 Å². The Morgan fingerprint density at radius 2 is 2.08 bits per heavy atom. The lowest BCUT2D eigenvalue weighted by molar-refractivity contribution is -0.119. The predicted molar refractivity (Wildman–Crippen MR) is 97.0 cm³/mol. The molecule has 2 saturated heterocycles. The van der Waals surface area contributed by atoms with Crippen molar-refractivity contribution in [3.05, 3.63) is 42.1 Å². The number of nitrogens with one attached hydrogen (secondary N) is 1. The zero-order valence-electron chi connectivity index (χ0n) is 14.5. The SMILES string of the molecule is CN(Cc1cccc2cccnc12)C1CCOC2(CCNCC2)C1. The molecule has 2 aromatic rings. The number of benzene rings is 1. The number of rotatable bonds is 3. The second-order valence-corrected chi connectivity index (χ2v) is 7.34. The lowest BCUT2D eigenvalue weighted by Gasteiger charge is -2.46. The van der Waals surface area contributed by atoms with Crippen molar-refractivity contribution in [2.45, 2.75) is 43.9 Å². The zero-order chi connectivity index (χ0) is 16.4. The molecule has 2 aliphatic rings. The minimum absolute atomic E-state index is 0.111. The van der Waals surface area contributed by atoms with Crippen LogP contribution in [0.4, 0.5) is 0 Å². The molecule has 24 heavy (non-hydrogen) atoms. The van der Waals surface area contributed by atoms with E-state index in [1.165, 1.54) is 10.9 Å². The molecule has 0 aliphatic carbocycles. The molecule has 4 nitrogen and oxygen atoms in total. The monoisotopic (exact) mass is 325 g/mol. The number of hydrogen-bond donors (Lipinski definition) is 1. The Balaban J connectivity index is 1.50. The fraction of sp³-hybridized carbons (Fsp3) is 0.550. The van der Waals surface area contributed by atoms with Crippen LogP contribution in [-0.4, -0.2) is 48.3 Å². The summed E-state index contributed by atoms with van der Waals surface area (Å²) in [4.78, 5) is 7.11. The molecule has 2 fully saturated rings. The largest absolute Gasteiger partial charge is 0.375 e. The Labute approximate surface area is 144 Å². The lowest BCUT2D eigenvalue weighted by atomic mass is 9.82. The van der Waals surface area contributed by atoms with Gasteiger partial charge in [-0.1, -0.05) is 24.3 Å². The third kappa shape index (κ3) is 3.18. The van der Waals surface area contributed by atoms with Crippen molar-refractivity contribution in [1.29, 1.82) is 0 Å². The van der Waals surface area contributed by atoms with Crippen LogP contribution in [0.1, 0.15) is 31.2 Å². The summed E-state index contributed by atoms with van der Waals surface area (Å²) in [6.07, 6.45) is 6.47. The molecular formula is C20H27N3O. The highest BCUT2D eigenvalue weighted by Gasteiger charge is 2.39. The number of hydrogen-bond acceptors (Lipinski definition) is 4. The van der Waals surface area contributed by atoms with Gasteiger partial charge in [-0.25, -0.2) is 0 Å². The average molecular weight is 325 g/mol. The standard InChI is InChI=1S/C20H27N3O/c1-23(15-17-5-2-4-16-6-3-10-22-19(16)17)18-7-13-24-20(14-18)8-11-21-12-9-20/h2-6,10,18,21H,7-9,11-15H2,1H3. The molecule has 1 spiro atoms. The van der Waals surface area contributed by atoms with Crippen LogP contribution >= 0.6 is 0 Å². The van der Waals surface area contributed by atoms with Gasteiger partial charge in [0.2, 0.25) is 0 Å². The summed E-state index contributed by atoms with van der Waals surface area (Å²) in [5, 5.41) is 4.69. The number of fused-ring (bicyclic) bond motifs is 1. The third-order valence-corrected chi connectivity index (χ3v) is 5.74. The minimum atomic E-state index is 0.111. The van der Waals surface area contributed by atoms with Gasteiger partial charge >= 0.3 is 0 Å². The lowest BCUT2D eigenvalue weighted by Crippen LogP contribution is -2.52. The van der Waals surface area contributed by atoms with Crippen LogP contribution in [0.3, 0.4) is 0 Å². The maximum Gasteiger partial charge on any atom is 0.0746 e. The first-order valence-electron chi connectivity index (χ1n) is 9.13. The van der Waals surface area contributed by atoms with Crippen LogP contribution in [0.25, 0.3) is 10.9 Å². The summed E-state index contributed by atoms with van der Waals surface area (Å²) in [5.74, 6) is 0. The summed E-state index contributed by atoms with van der Waals surface area (Å²) in [6, 6.07) is 11.2. The third-order valence-electron chi connectivity index (χ3n) is 5.74. The van der Waals surface area contributed by atoms with E-state index in [-0.39, 0.29) is 5.60 Å². The van der Waals surface area contributed by atoms with Gasteiger partial charge in [0.1, 0.15) is 0 Å². The van der Waals surface area contributed by atoms with Gasteiger partial charge in [0.05, 0.1) is 11.1 Å². The maximum atomic E-state index is 6.23. The Morgan fingerprint density at radius 1 is 1.25 bits per heavy atom. The molecular weight excluding hydrogens is 298 g/mol. The second-order valence-electron chi connectivity index (χ2n) is 7.34. The van der Waals surface area contributed by atoms with Crippen molar-refractivity contribution in [2.75, 3.05) is 26.7 Å². The van der Waals surface area contributed by atoms with Crippen LogP contribution in [0.15, 0.2) is 36.5 Å². The number of pyridine rings is 1. The first-order valence-corrected chi connectivity index (χ1v) is 9.13. The first-order chi connectivity index (χ1) is 11.8. The van der Waals surface area contributed by atoms with E-state index in [2.05, 4.69) is 46.5 Å². The smallest absolute Gasteiger partial charge is 0.0746 e. The topological polar surface area (TPSA) is 37.4 Å². The molecule has 0 saturated carbocycles. The number of ether oxygens (including phenoxy) is 1. The molecule has 4 rings (SSSR count). The summed E-state index contributed by atoms with van der Waals surface area (Å²) < 4.78 is 6.23. The molecule has 0 amide bonds. The van der Waals surface area contributed by atoms with E-state index in [0.717, 1.165) is 57.4 Å². The minimum Gasteiger partial charge on any atom is -0.375 e.